The van der Waals surface area contributed by atoms with Crippen molar-refractivity contribution in [1.29, 1.82) is 0 Å². The molecule has 2 aromatic rings. The smallest absolute Gasteiger partial charge is 0.128 e. The number of benzene rings is 2. The second kappa shape index (κ2) is 6.94. The van der Waals surface area contributed by atoms with E-state index in [9.17, 15) is 4.39 Å². The topological polar surface area (TPSA) is 12.0 Å². The number of nitrogens with one attached hydrogen (secondary N) is 1. The van der Waals surface area contributed by atoms with Crippen molar-refractivity contribution in [2.45, 2.75) is 23.3 Å². The summed E-state index contributed by atoms with van der Waals surface area (Å²) < 4.78 is 13.9. The summed E-state index contributed by atoms with van der Waals surface area (Å²) >= 11 is 7.49. The van der Waals surface area contributed by atoms with Crippen molar-refractivity contribution >= 4 is 23.4 Å². The van der Waals surface area contributed by atoms with Gasteiger partial charge in [0.15, 0.2) is 0 Å². The molecule has 19 heavy (non-hydrogen) atoms. The van der Waals surface area contributed by atoms with Crippen LogP contribution < -0.4 is 5.32 Å². The molecule has 0 fully saturated rings. The molecule has 0 aliphatic heterocycles. The maximum atomic E-state index is 13.9. The fourth-order valence-corrected chi connectivity index (χ4v) is 2.99. The maximum Gasteiger partial charge on any atom is 0.128 e. The third kappa shape index (κ3) is 3.96. The van der Waals surface area contributed by atoms with Crippen LogP contribution in [0.25, 0.3) is 0 Å². The van der Waals surface area contributed by atoms with E-state index in [0.29, 0.717) is 17.1 Å². The second-order valence-corrected chi connectivity index (χ2v) is 5.61. The average Bonchev–Trinajstić information content (AvgIpc) is 2.38. The highest BCUT2D eigenvalue weighted by Gasteiger charge is 2.09. The molecular formula is C15H15ClFNS. The summed E-state index contributed by atoms with van der Waals surface area (Å²) in [5, 5.41) is 3.85. The predicted octanol–water partition coefficient (Wildman–Crippen LogP) is 4.74. The standard InChI is InChI=1S/C15H15ClFNS/c1-2-18-10-13-14(17)7-4-8-15(13)19-12-6-3-5-11(16)9-12/h3-9,18H,2,10H2,1H3. The van der Waals surface area contributed by atoms with Crippen molar-refractivity contribution in [2.75, 3.05) is 6.54 Å². The Balaban J connectivity index is 2.26. The lowest BCUT2D eigenvalue weighted by molar-refractivity contribution is 0.586. The Kier molecular flexibility index (Phi) is 5.25. The molecule has 0 saturated heterocycles. The summed E-state index contributed by atoms with van der Waals surface area (Å²) in [5.41, 5.74) is 0.703. The van der Waals surface area contributed by atoms with Gasteiger partial charge in [0.25, 0.3) is 0 Å². The minimum Gasteiger partial charge on any atom is -0.313 e. The first kappa shape index (κ1) is 14.4. The van der Waals surface area contributed by atoms with Crippen molar-refractivity contribution < 1.29 is 4.39 Å². The van der Waals surface area contributed by atoms with Gasteiger partial charge in [-0.3, -0.25) is 0 Å². The van der Waals surface area contributed by atoms with Gasteiger partial charge in [-0.2, -0.15) is 0 Å². The quantitative estimate of drug-likeness (QED) is 0.855. The van der Waals surface area contributed by atoms with Crippen molar-refractivity contribution in [2.24, 2.45) is 0 Å². The molecule has 0 heterocycles. The third-order valence-electron chi connectivity index (χ3n) is 2.65. The van der Waals surface area contributed by atoms with E-state index in [1.165, 1.54) is 17.8 Å². The van der Waals surface area contributed by atoms with E-state index < -0.39 is 0 Å². The van der Waals surface area contributed by atoms with Crippen LogP contribution in [0.3, 0.4) is 0 Å². The van der Waals surface area contributed by atoms with Crippen molar-refractivity contribution in [3.8, 4) is 0 Å². The normalized spacial score (nSPS) is 10.7. The first-order valence-electron chi connectivity index (χ1n) is 6.12. The highest BCUT2D eigenvalue weighted by molar-refractivity contribution is 7.99. The van der Waals surface area contributed by atoms with Crippen molar-refractivity contribution in [3.05, 3.63) is 58.9 Å². The highest BCUT2D eigenvalue weighted by atomic mass is 35.5. The van der Waals surface area contributed by atoms with Crippen LogP contribution in [0, 0.1) is 5.82 Å². The molecule has 2 aromatic carbocycles. The molecule has 0 aliphatic rings. The van der Waals surface area contributed by atoms with Crippen LogP contribution in [-0.2, 0) is 6.54 Å². The van der Waals surface area contributed by atoms with Gasteiger partial charge < -0.3 is 5.32 Å². The van der Waals surface area contributed by atoms with Crippen molar-refractivity contribution in [1.82, 2.24) is 5.32 Å². The largest absolute Gasteiger partial charge is 0.313 e. The molecule has 100 valence electrons. The van der Waals surface area contributed by atoms with E-state index in [-0.39, 0.29) is 5.82 Å². The molecule has 0 aromatic heterocycles. The molecule has 0 atom stereocenters. The van der Waals surface area contributed by atoms with Crippen LogP contribution in [0.4, 0.5) is 4.39 Å². The molecule has 0 amide bonds. The first-order valence-corrected chi connectivity index (χ1v) is 7.31. The molecular weight excluding hydrogens is 281 g/mol. The second-order valence-electron chi connectivity index (χ2n) is 4.06. The Labute approximate surface area is 122 Å². The molecule has 0 saturated carbocycles. The zero-order chi connectivity index (χ0) is 13.7. The fourth-order valence-electron chi connectivity index (χ4n) is 1.71. The molecule has 4 heteroatoms. The Hall–Kier alpha value is -1.03. The Bertz CT molecular complexity index is 560. The van der Waals surface area contributed by atoms with Crippen LogP contribution in [0.15, 0.2) is 52.3 Å². The van der Waals surface area contributed by atoms with E-state index in [2.05, 4.69) is 5.32 Å². The van der Waals surface area contributed by atoms with Gasteiger partial charge in [-0.05, 0) is 36.9 Å². The van der Waals surface area contributed by atoms with Crippen LogP contribution in [0.1, 0.15) is 12.5 Å². The SMILES string of the molecule is CCNCc1c(F)cccc1Sc1cccc(Cl)c1. The Morgan fingerprint density at radius 3 is 2.74 bits per heavy atom. The lowest BCUT2D eigenvalue weighted by Crippen LogP contribution is -2.13. The van der Waals surface area contributed by atoms with Gasteiger partial charge in [-0.1, -0.05) is 42.4 Å². The van der Waals surface area contributed by atoms with Gasteiger partial charge in [-0.15, -0.1) is 0 Å². The van der Waals surface area contributed by atoms with E-state index >= 15 is 0 Å². The molecule has 0 unspecified atom stereocenters. The number of halogens is 2. The average molecular weight is 296 g/mol. The summed E-state index contributed by atoms with van der Waals surface area (Å²) in [6, 6.07) is 12.7. The minimum atomic E-state index is -0.173. The predicted molar refractivity (Wildman–Crippen MR) is 79.4 cm³/mol. The maximum absolute atomic E-state index is 13.9. The Morgan fingerprint density at radius 2 is 2.00 bits per heavy atom. The summed E-state index contributed by atoms with van der Waals surface area (Å²) in [6.07, 6.45) is 0. The number of rotatable bonds is 5. The number of hydrogen-bond acceptors (Lipinski definition) is 2. The molecule has 1 nitrogen and oxygen atoms in total. The third-order valence-corrected chi connectivity index (χ3v) is 3.98. The molecule has 0 spiro atoms. The molecule has 0 radical (unpaired) electrons. The molecule has 0 bridgehead atoms. The molecule has 0 aliphatic carbocycles. The minimum absolute atomic E-state index is 0.173. The lowest BCUT2D eigenvalue weighted by Gasteiger charge is -2.10. The zero-order valence-electron chi connectivity index (χ0n) is 10.6. The van der Waals surface area contributed by atoms with Crippen LogP contribution in [-0.4, -0.2) is 6.54 Å². The van der Waals surface area contributed by atoms with E-state index in [4.69, 9.17) is 11.6 Å². The first-order chi connectivity index (χ1) is 9.20. The van der Waals surface area contributed by atoms with Gasteiger partial charge in [0.1, 0.15) is 5.82 Å². The summed E-state index contributed by atoms with van der Waals surface area (Å²) in [4.78, 5) is 1.93. The fraction of sp³-hybridized carbons (Fsp3) is 0.200. The number of hydrogen-bond donors (Lipinski definition) is 1. The van der Waals surface area contributed by atoms with E-state index in [1.807, 2.05) is 37.3 Å². The molecule has 2 rings (SSSR count). The molecule has 1 N–H and O–H groups in total. The zero-order valence-corrected chi connectivity index (χ0v) is 12.2. The lowest BCUT2D eigenvalue weighted by atomic mass is 10.2. The summed E-state index contributed by atoms with van der Waals surface area (Å²) in [6.45, 7) is 3.35. The van der Waals surface area contributed by atoms with Gasteiger partial charge in [-0.25, -0.2) is 4.39 Å². The van der Waals surface area contributed by atoms with E-state index in [0.717, 1.165) is 16.3 Å². The summed E-state index contributed by atoms with van der Waals surface area (Å²) in [7, 11) is 0. The van der Waals surface area contributed by atoms with Crippen LogP contribution >= 0.6 is 23.4 Å². The van der Waals surface area contributed by atoms with E-state index in [1.54, 1.807) is 6.07 Å². The Morgan fingerprint density at radius 1 is 1.21 bits per heavy atom. The van der Waals surface area contributed by atoms with Crippen molar-refractivity contribution in [3.63, 3.8) is 0 Å². The van der Waals surface area contributed by atoms with Gasteiger partial charge >= 0.3 is 0 Å². The monoisotopic (exact) mass is 295 g/mol. The highest BCUT2D eigenvalue weighted by Crippen LogP contribution is 2.32. The van der Waals surface area contributed by atoms with Gasteiger partial charge in [0.2, 0.25) is 0 Å². The summed E-state index contributed by atoms with van der Waals surface area (Å²) in [5.74, 6) is -0.173. The van der Waals surface area contributed by atoms with Gasteiger partial charge in [0.05, 0.1) is 0 Å². The van der Waals surface area contributed by atoms with Crippen LogP contribution in [0.2, 0.25) is 5.02 Å². The van der Waals surface area contributed by atoms with Crippen LogP contribution in [0.5, 0.6) is 0 Å². The van der Waals surface area contributed by atoms with Gasteiger partial charge in [0, 0.05) is 26.9 Å².